The molecule has 0 amide bonds. The number of aliphatic hydroxyl groups is 1. The fourth-order valence-electron chi connectivity index (χ4n) is 1.60. The van der Waals surface area contributed by atoms with E-state index < -0.39 is 5.95 Å². The topological polar surface area (TPSA) is 107 Å². The first kappa shape index (κ1) is 22.6. The number of aryl methyl sites for hydroxylation is 2. The second-order valence-electron chi connectivity index (χ2n) is 5.32. The van der Waals surface area contributed by atoms with Crippen LogP contribution in [0.3, 0.4) is 0 Å². The third-order valence-electron chi connectivity index (χ3n) is 2.57. The van der Waals surface area contributed by atoms with Crippen LogP contribution in [0.5, 0.6) is 5.88 Å². The van der Waals surface area contributed by atoms with Crippen molar-refractivity contribution < 1.29 is 14.2 Å². The molecule has 0 atom stereocenters. The average Bonchev–Trinajstić information content (AvgIpc) is 2.51. The van der Waals surface area contributed by atoms with Gasteiger partial charge in [-0.1, -0.05) is 13.8 Å². The summed E-state index contributed by atoms with van der Waals surface area (Å²) >= 11 is 0. The first-order chi connectivity index (χ1) is 11.8. The molecule has 0 saturated heterocycles. The highest BCUT2D eigenvalue weighted by atomic mass is 19.1. The summed E-state index contributed by atoms with van der Waals surface area (Å²) in [6.45, 7) is 8.59. The maximum absolute atomic E-state index is 12.2. The van der Waals surface area contributed by atoms with E-state index >= 15 is 0 Å². The minimum atomic E-state index is -0.521. The van der Waals surface area contributed by atoms with E-state index in [1.165, 1.54) is 6.07 Å². The molecular weight excluding hydrogens is 323 g/mol. The van der Waals surface area contributed by atoms with Gasteiger partial charge in [-0.05, 0) is 38.8 Å². The lowest BCUT2D eigenvalue weighted by atomic mass is 10.3. The Balaban J connectivity index is 0.000000391. The van der Waals surface area contributed by atoms with Gasteiger partial charge < -0.3 is 21.3 Å². The van der Waals surface area contributed by atoms with Crippen molar-refractivity contribution in [1.29, 1.82) is 0 Å². The van der Waals surface area contributed by atoms with Gasteiger partial charge in [0.15, 0.2) is 0 Å². The van der Waals surface area contributed by atoms with Crippen LogP contribution in [-0.4, -0.2) is 28.3 Å². The molecule has 0 saturated carbocycles. The lowest BCUT2D eigenvalue weighted by Gasteiger charge is -2.04. The summed E-state index contributed by atoms with van der Waals surface area (Å²) in [5, 5.41) is 7.88. The Morgan fingerprint density at radius 2 is 1.48 bits per heavy atom. The number of pyridine rings is 2. The zero-order valence-electron chi connectivity index (χ0n) is 15.4. The Bertz CT molecular complexity index is 551. The maximum atomic E-state index is 12.2. The van der Waals surface area contributed by atoms with Crippen molar-refractivity contribution in [3.8, 4) is 5.88 Å². The molecule has 6 nitrogen and oxygen atoms in total. The number of nitrogen functional groups attached to an aromatic ring is 2. The summed E-state index contributed by atoms with van der Waals surface area (Å²) in [6, 6.07) is 6.36. The zero-order chi connectivity index (χ0) is 19.2. The standard InChI is InChI=1S/C9H14N2O.C6H7FN2.C3H8O/c1-3-4-12-9-6-8(10)5-7(2)11-9;1-4-2-5(8)3-6(7)9-4;1-2-3-4/h5-6H,3-4H2,1-2H3,(H2,10,11);2-3H,1H3,(H2,8,9);4H,2-3H2,1H3. The molecule has 25 heavy (non-hydrogen) atoms. The third kappa shape index (κ3) is 11.7. The fourth-order valence-corrected chi connectivity index (χ4v) is 1.60. The van der Waals surface area contributed by atoms with E-state index in [4.69, 9.17) is 21.3 Å². The summed E-state index contributed by atoms with van der Waals surface area (Å²) in [4.78, 5) is 7.66. The number of hydrogen-bond donors (Lipinski definition) is 3. The highest BCUT2D eigenvalue weighted by Gasteiger charge is 1.97. The number of nitrogens with zero attached hydrogens (tertiary/aromatic N) is 2. The van der Waals surface area contributed by atoms with E-state index in [1.807, 2.05) is 19.9 Å². The van der Waals surface area contributed by atoms with E-state index in [1.54, 1.807) is 19.1 Å². The van der Waals surface area contributed by atoms with Crippen molar-refractivity contribution in [1.82, 2.24) is 9.97 Å². The normalized spacial score (nSPS) is 9.36. The second-order valence-corrected chi connectivity index (χ2v) is 5.32. The van der Waals surface area contributed by atoms with Crippen molar-refractivity contribution in [3.05, 3.63) is 41.6 Å². The van der Waals surface area contributed by atoms with Gasteiger partial charge in [-0.2, -0.15) is 4.39 Å². The Hall–Kier alpha value is -2.41. The van der Waals surface area contributed by atoms with Crippen LogP contribution in [0.4, 0.5) is 15.8 Å². The van der Waals surface area contributed by atoms with Crippen LogP contribution in [0.1, 0.15) is 38.1 Å². The van der Waals surface area contributed by atoms with Crippen LogP contribution >= 0.6 is 0 Å². The highest BCUT2D eigenvalue weighted by molar-refractivity contribution is 5.42. The number of ether oxygens (including phenoxy) is 1. The molecule has 0 radical (unpaired) electrons. The Morgan fingerprint density at radius 1 is 0.960 bits per heavy atom. The number of nitrogens with two attached hydrogens (primary N) is 2. The van der Waals surface area contributed by atoms with Crippen LogP contribution in [-0.2, 0) is 0 Å². The number of hydrogen-bond acceptors (Lipinski definition) is 6. The minimum absolute atomic E-state index is 0.319. The first-order valence-electron chi connectivity index (χ1n) is 8.19. The summed E-state index contributed by atoms with van der Waals surface area (Å²) in [7, 11) is 0. The summed E-state index contributed by atoms with van der Waals surface area (Å²) in [5.41, 5.74) is 13.5. The van der Waals surface area contributed by atoms with E-state index in [-0.39, 0.29) is 0 Å². The smallest absolute Gasteiger partial charge is 0.215 e. The second kappa shape index (κ2) is 12.9. The van der Waals surface area contributed by atoms with Crippen LogP contribution in [0.25, 0.3) is 0 Å². The molecule has 0 bridgehead atoms. The molecule has 140 valence electrons. The molecule has 0 aromatic carbocycles. The van der Waals surface area contributed by atoms with Gasteiger partial charge in [-0.3, -0.25) is 0 Å². The molecule has 2 aromatic rings. The van der Waals surface area contributed by atoms with Gasteiger partial charge in [0.05, 0.1) is 6.61 Å². The average molecular weight is 352 g/mol. The Kier molecular flexibility index (Phi) is 11.7. The van der Waals surface area contributed by atoms with Crippen LogP contribution < -0.4 is 16.2 Å². The predicted octanol–water partition coefficient (Wildman–Crippen LogP) is 3.26. The molecule has 2 aromatic heterocycles. The molecule has 2 heterocycles. The molecule has 0 spiro atoms. The van der Waals surface area contributed by atoms with Gasteiger partial charge in [0.25, 0.3) is 0 Å². The SMILES string of the molecule is CCCO.CCCOc1cc(N)cc(C)n1.Cc1cc(N)cc(F)n1. The van der Waals surface area contributed by atoms with Gasteiger partial charge in [0, 0.05) is 41.5 Å². The molecule has 5 N–H and O–H groups in total. The fraction of sp³-hybridized carbons (Fsp3) is 0.444. The Morgan fingerprint density at radius 3 is 1.88 bits per heavy atom. The highest BCUT2D eigenvalue weighted by Crippen LogP contribution is 2.13. The summed E-state index contributed by atoms with van der Waals surface area (Å²) < 4.78 is 17.6. The van der Waals surface area contributed by atoms with Crippen molar-refractivity contribution in [2.75, 3.05) is 24.7 Å². The molecule has 0 unspecified atom stereocenters. The lowest BCUT2D eigenvalue weighted by molar-refractivity contribution is 0.295. The number of aliphatic hydroxyl groups excluding tert-OH is 1. The first-order valence-corrected chi connectivity index (χ1v) is 8.19. The van der Waals surface area contributed by atoms with Crippen LogP contribution in [0.15, 0.2) is 24.3 Å². The largest absolute Gasteiger partial charge is 0.478 e. The van der Waals surface area contributed by atoms with Gasteiger partial charge in [0.1, 0.15) is 0 Å². The third-order valence-corrected chi connectivity index (χ3v) is 2.57. The maximum Gasteiger partial charge on any atom is 0.215 e. The van der Waals surface area contributed by atoms with Crippen molar-refractivity contribution in [3.63, 3.8) is 0 Å². The molecular formula is C18H29FN4O2. The van der Waals surface area contributed by atoms with E-state index in [2.05, 4.69) is 16.9 Å². The molecule has 0 fully saturated rings. The van der Waals surface area contributed by atoms with Crippen molar-refractivity contribution in [2.24, 2.45) is 0 Å². The van der Waals surface area contributed by atoms with E-state index in [9.17, 15) is 4.39 Å². The number of anilines is 2. The lowest BCUT2D eigenvalue weighted by Crippen LogP contribution is -1.99. The van der Waals surface area contributed by atoms with Gasteiger partial charge >= 0.3 is 0 Å². The predicted molar refractivity (Wildman–Crippen MR) is 99.9 cm³/mol. The summed E-state index contributed by atoms with van der Waals surface area (Å²) in [5.74, 6) is 0.0989. The van der Waals surface area contributed by atoms with E-state index in [0.29, 0.717) is 36.2 Å². The zero-order valence-corrected chi connectivity index (χ0v) is 15.4. The molecule has 0 aliphatic rings. The van der Waals surface area contributed by atoms with E-state index in [0.717, 1.165) is 18.5 Å². The molecule has 2 rings (SSSR count). The van der Waals surface area contributed by atoms with Crippen LogP contribution in [0, 0.1) is 19.8 Å². The summed E-state index contributed by atoms with van der Waals surface area (Å²) in [6.07, 6.45) is 1.86. The number of rotatable bonds is 4. The molecule has 0 aliphatic carbocycles. The monoisotopic (exact) mass is 352 g/mol. The van der Waals surface area contributed by atoms with Gasteiger partial charge in [-0.15, -0.1) is 0 Å². The van der Waals surface area contributed by atoms with Gasteiger partial charge in [0.2, 0.25) is 11.8 Å². The quantitative estimate of drug-likeness (QED) is 0.729. The molecule has 0 aliphatic heterocycles. The van der Waals surface area contributed by atoms with Gasteiger partial charge in [-0.25, -0.2) is 9.97 Å². The number of aromatic nitrogens is 2. The number of halogens is 1. The Labute approximate surface area is 149 Å². The van der Waals surface area contributed by atoms with Crippen LogP contribution in [0.2, 0.25) is 0 Å². The van der Waals surface area contributed by atoms with Crippen molar-refractivity contribution >= 4 is 11.4 Å². The molecule has 7 heteroatoms. The van der Waals surface area contributed by atoms with Crippen molar-refractivity contribution in [2.45, 2.75) is 40.5 Å². The minimum Gasteiger partial charge on any atom is -0.478 e.